The fourth-order valence-corrected chi connectivity index (χ4v) is 6.01. The lowest BCUT2D eigenvalue weighted by molar-refractivity contribution is -0.169. The Labute approximate surface area is 203 Å². The van der Waals surface area contributed by atoms with Gasteiger partial charge in [-0.2, -0.15) is 0 Å². The maximum absolute atomic E-state index is 13.1. The lowest BCUT2D eigenvalue weighted by Crippen LogP contribution is -2.62. The Hall–Kier alpha value is -1.34. The number of hydrogen-bond donors (Lipinski definition) is 3. The van der Waals surface area contributed by atoms with E-state index in [4.69, 9.17) is 39.5 Å². The highest BCUT2D eigenvalue weighted by atomic mass is 35.5. The van der Waals surface area contributed by atoms with Crippen LogP contribution in [0.4, 0.5) is 0 Å². The Balaban J connectivity index is 1.77. The highest BCUT2D eigenvalue weighted by Crippen LogP contribution is 2.54. The van der Waals surface area contributed by atoms with Gasteiger partial charge >= 0.3 is 0 Å². The van der Waals surface area contributed by atoms with Crippen LogP contribution in [0.2, 0.25) is 15.1 Å². The molecule has 32 heavy (non-hydrogen) atoms. The summed E-state index contributed by atoms with van der Waals surface area (Å²) >= 11 is 18.9. The molecule has 1 heterocycles. The summed E-state index contributed by atoms with van der Waals surface area (Å²) in [5.41, 5.74) is 1.12. The van der Waals surface area contributed by atoms with Crippen molar-refractivity contribution >= 4 is 40.7 Å². The predicted octanol–water partition coefficient (Wildman–Crippen LogP) is 5.08. The molecule has 0 radical (unpaired) electrons. The lowest BCUT2D eigenvalue weighted by Gasteiger charge is -2.47. The Morgan fingerprint density at radius 1 is 1.12 bits per heavy atom. The fraction of sp³-hybridized carbons (Fsp3) is 0.458. The number of aliphatic hydroxyl groups excluding tert-OH is 1. The first-order valence-corrected chi connectivity index (χ1v) is 11.9. The Bertz CT molecular complexity index is 985. The number of ether oxygens (including phenoxy) is 1. The third-order valence-corrected chi connectivity index (χ3v) is 7.45. The molecular formula is C24H27Cl3N2O3. The molecule has 2 fully saturated rings. The van der Waals surface area contributed by atoms with E-state index in [-0.39, 0.29) is 29.8 Å². The van der Waals surface area contributed by atoms with Gasteiger partial charge in [-0.05, 0) is 73.9 Å². The van der Waals surface area contributed by atoms with E-state index in [1.807, 2.05) is 50.2 Å². The molecule has 5 nitrogen and oxygen atoms in total. The first-order chi connectivity index (χ1) is 15.2. The van der Waals surface area contributed by atoms with Crippen LogP contribution in [0, 0.1) is 5.92 Å². The Morgan fingerprint density at radius 2 is 1.81 bits per heavy atom. The predicted molar refractivity (Wildman–Crippen MR) is 127 cm³/mol. The standard InChI is InChI=1S/C24H27Cl3N2O3/c1-13(2)32-23(31)29-24-10-9-18(17-8-7-16(26)11-20(17)27)21(19(24)12-28-22(24)30)14-3-5-15(25)6-4-14/h3-8,11,13,18-19,21,23,29,31H,9-10,12H2,1-2H3,(H,28,30)/t18-,19-,21-,23?,24-/m0/s1. The zero-order valence-corrected chi connectivity index (χ0v) is 20.2. The van der Waals surface area contributed by atoms with Crippen LogP contribution in [-0.4, -0.2) is 35.6 Å². The highest BCUT2D eigenvalue weighted by molar-refractivity contribution is 6.35. The third-order valence-electron chi connectivity index (χ3n) is 6.64. The van der Waals surface area contributed by atoms with Crippen LogP contribution in [0.25, 0.3) is 0 Å². The molecule has 1 aliphatic carbocycles. The topological polar surface area (TPSA) is 70.6 Å². The van der Waals surface area contributed by atoms with E-state index >= 15 is 0 Å². The molecule has 2 aromatic carbocycles. The molecule has 1 saturated carbocycles. The zero-order chi connectivity index (χ0) is 23.0. The number of carbonyl (C=O) groups excluding carboxylic acids is 1. The molecule has 172 valence electrons. The average molecular weight is 498 g/mol. The number of nitrogens with one attached hydrogen (secondary N) is 2. The van der Waals surface area contributed by atoms with E-state index in [0.717, 1.165) is 11.1 Å². The second-order valence-electron chi connectivity index (χ2n) is 8.86. The molecule has 0 bridgehead atoms. The van der Waals surface area contributed by atoms with Gasteiger partial charge in [0.1, 0.15) is 5.54 Å². The van der Waals surface area contributed by atoms with Crippen molar-refractivity contribution < 1.29 is 14.6 Å². The molecule has 1 unspecified atom stereocenters. The largest absolute Gasteiger partial charge is 0.356 e. The molecule has 2 aliphatic rings. The monoisotopic (exact) mass is 496 g/mol. The van der Waals surface area contributed by atoms with Gasteiger partial charge in [0.2, 0.25) is 12.3 Å². The molecule has 0 spiro atoms. The minimum absolute atomic E-state index is 0.0441. The van der Waals surface area contributed by atoms with Crippen LogP contribution in [-0.2, 0) is 9.53 Å². The van der Waals surface area contributed by atoms with Crippen LogP contribution < -0.4 is 10.6 Å². The Kier molecular flexibility index (Phi) is 7.06. The van der Waals surface area contributed by atoms with Crippen molar-refractivity contribution in [2.45, 2.75) is 56.6 Å². The summed E-state index contributed by atoms with van der Waals surface area (Å²) < 4.78 is 5.52. The SMILES string of the molecule is CC(C)OC(O)N[C@@]12CC[C@@H](c3ccc(Cl)cc3Cl)[C@H](c3ccc(Cl)cc3)[C@@H]1CNC2=O. The number of hydrogen-bond acceptors (Lipinski definition) is 4. The van der Waals surface area contributed by atoms with E-state index in [9.17, 15) is 9.90 Å². The molecule has 1 aliphatic heterocycles. The van der Waals surface area contributed by atoms with Crippen LogP contribution in [0.3, 0.4) is 0 Å². The van der Waals surface area contributed by atoms with Gasteiger partial charge in [0.25, 0.3) is 0 Å². The second-order valence-corrected chi connectivity index (χ2v) is 10.1. The van der Waals surface area contributed by atoms with Gasteiger partial charge < -0.3 is 15.2 Å². The smallest absolute Gasteiger partial charge is 0.240 e. The highest BCUT2D eigenvalue weighted by Gasteiger charge is 2.58. The van der Waals surface area contributed by atoms with Crippen molar-refractivity contribution in [1.82, 2.24) is 10.6 Å². The maximum Gasteiger partial charge on any atom is 0.240 e. The summed E-state index contributed by atoms with van der Waals surface area (Å²) in [6, 6.07) is 13.3. The van der Waals surface area contributed by atoms with E-state index in [2.05, 4.69) is 10.6 Å². The van der Waals surface area contributed by atoms with Crippen molar-refractivity contribution in [2.24, 2.45) is 5.92 Å². The summed E-state index contributed by atoms with van der Waals surface area (Å²) in [7, 11) is 0. The average Bonchev–Trinajstić information content (AvgIpc) is 3.04. The number of benzene rings is 2. The molecule has 2 aromatic rings. The van der Waals surface area contributed by atoms with Crippen LogP contribution in [0.15, 0.2) is 42.5 Å². The molecule has 1 amide bonds. The van der Waals surface area contributed by atoms with E-state index in [1.165, 1.54) is 0 Å². The van der Waals surface area contributed by atoms with Gasteiger partial charge in [0.05, 0.1) is 6.10 Å². The number of fused-ring (bicyclic) bond motifs is 1. The Morgan fingerprint density at radius 3 is 2.47 bits per heavy atom. The van der Waals surface area contributed by atoms with Crippen molar-refractivity contribution in [1.29, 1.82) is 0 Å². The minimum Gasteiger partial charge on any atom is -0.356 e. The van der Waals surface area contributed by atoms with Gasteiger partial charge in [0.15, 0.2) is 0 Å². The van der Waals surface area contributed by atoms with Gasteiger partial charge in [-0.15, -0.1) is 0 Å². The lowest BCUT2D eigenvalue weighted by atomic mass is 9.60. The van der Waals surface area contributed by atoms with E-state index in [0.29, 0.717) is 34.5 Å². The molecule has 8 heteroatoms. The maximum atomic E-state index is 13.1. The van der Waals surface area contributed by atoms with Crippen molar-refractivity contribution in [3.05, 3.63) is 68.7 Å². The van der Waals surface area contributed by atoms with Crippen molar-refractivity contribution in [3.8, 4) is 0 Å². The number of carbonyl (C=O) groups is 1. The van der Waals surface area contributed by atoms with Crippen molar-refractivity contribution in [2.75, 3.05) is 6.54 Å². The number of halogens is 3. The third kappa shape index (κ3) is 4.52. The quantitative estimate of drug-likeness (QED) is 0.487. The summed E-state index contributed by atoms with van der Waals surface area (Å²) in [4.78, 5) is 13.1. The van der Waals surface area contributed by atoms with E-state index < -0.39 is 12.0 Å². The van der Waals surface area contributed by atoms with Crippen LogP contribution in [0.1, 0.15) is 49.7 Å². The van der Waals surface area contributed by atoms with Crippen LogP contribution >= 0.6 is 34.8 Å². The van der Waals surface area contributed by atoms with Gasteiger partial charge in [0, 0.05) is 27.5 Å². The summed E-state index contributed by atoms with van der Waals surface area (Å²) in [6.07, 6.45) is -0.202. The molecule has 5 atom stereocenters. The molecule has 0 aromatic heterocycles. The summed E-state index contributed by atoms with van der Waals surface area (Å²) in [5.74, 6) is -0.227. The number of rotatable bonds is 6. The van der Waals surface area contributed by atoms with Gasteiger partial charge in [-0.1, -0.05) is 53.0 Å². The molecular weight excluding hydrogens is 471 g/mol. The fourth-order valence-electron chi connectivity index (χ4n) is 5.34. The van der Waals surface area contributed by atoms with Gasteiger partial charge in [-0.25, -0.2) is 0 Å². The first kappa shape index (κ1) is 23.8. The normalized spacial score (nSPS) is 28.5. The summed E-state index contributed by atoms with van der Waals surface area (Å²) in [6.45, 7) is 4.16. The first-order valence-electron chi connectivity index (χ1n) is 10.8. The summed E-state index contributed by atoms with van der Waals surface area (Å²) in [5, 5.41) is 18.5. The van der Waals surface area contributed by atoms with Crippen LogP contribution in [0.5, 0.6) is 0 Å². The molecule has 4 rings (SSSR count). The number of amides is 1. The van der Waals surface area contributed by atoms with E-state index in [1.54, 1.807) is 6.07 Å². The minimum atomic E-state index is -1.25. The van der Waals surface area contributed by atoms with Crippen molar-refractivity contribution in [3.63, 3.8) is 0 Å². The second kappa shape index (κ2) is 9.49. The molecule has 1 saturated heterocycles. The number of aliphatic hydroxyl groups is 1. The molecule has 3 N–H and O–H groups in total. The van der Waals surface area contributed by atoms with Gasteiger partial charge in [-0.3, -0.25) is 10.1 Å². The zero-order valence-electron chi connectivity index (χ0n) is 17.9.